The fourth-order valence-electron chi connectivity index (χ4n) is 1.17. The molecule has 1 heterocycles. The van der Waals surface area contributed by atoms with E-state index in [0.717, 1.165) is 11.1 Å². The number of benzene rings is 1. The maximum Gasteiger partial charge on any atom is 0.204 e. The Kier molecular flexibility index (Phi) is 2.79. The average Bonchev–Trinajstić information content (AvgIpc) is 2.70. The lowest BCUT2D eigenvalue weighted by Crippen LogP contribution is -1.88. The molecule has 72 valence electrons. The van der Waals surface area contributed by atoms with E-state index < -0.39 is 0 Å². The molecular weight excluding hydrogens is 267 g/mol. The molecule has 4 nitrogen and oxygen atoms in total. The van der Waals surface area contributed by atoms with Crippen molar-refractivity contribution in [1.82, 2.24) is 20.6 Å². The molecule has 0 spiro atoms. The zero-order chi connectivity index (χ0) is 9.97. The largest absolute Gasteiger partial charge is 0.204 e. The number of tetrazole rings is 1. The topological polar surface area (TPSA) is 54.5 Å². The van der Waals surface area contributed by atoms with Gasteiger partial charge < -0.3 is 0 Å². The molecule has 0 fully saturated rings. The third-order valence-electron chi connectivity index (χ3n) is 1.80. The molecule has 0 amide bonds. The molecule has 1 aromatic heterocycles. The molecule has 0 bridgehead atoms. The Balaban J connectivity index is 2.53. The first-order valence-corrected chi connectivity index (χ1v) is 5.39. The number of halogens is 2. The van der Waals surface area contributed by atoms with Crippen molar-refractivity contribution in [3.8, 4) is 11.4 Å². The van der Waals surface area contributed by atoms with E-state index >= 15 is 0 Å². The van der Waals surface area contributed by atoms with Crippen LogP contribution in [0, 0.1) is 0 Å². The van der Waals surface area contributed by atoms with Gasteiger partial charge in [-0.25, -0.2) is 0 Å². The number of hydrogen-bond acceptors (Lipinski definition) is 3. The molecule has 0 saturated heterocycles. The second-order valence-electron chi connectivity index (χ2n) is 2.67. The van der Waals surface area contributed by atoms with Crippen molar-refractivity contribution in [3.63, 3.8) is 0 Å². The predicted octanol–water partition coefficient (Wildman–Crippen LogP) is 2.42. The second-order valence-corrected chi connectivity index (χ2v) is 3.67. The van der Waals surface area contributed by atoms with Crippen molar-refractivity contribution in [3.05, 3.63) is 28.8 Å². The van der Waals surface area contributed by atoms with Gasteiger partial charge >= 0.3 is 0 Å². The molecule has 2 rings (SSSR count). The summed E-state index contributed by atoms with van der Waals surface area (Å²) < 4.78 is 0. The minimum Gasteiger partial charge on any atom is -0.177 e. The number of H-pyrrole nitrogens is 1. The first kappa shape index (κ1) is 9.61. The molecule has 0 atom stereocenters. The van der Waals surface area contributed by atoms with Crippen molar-refractivity contribution in [2.75, 3.05) is 0 Å². The normalized spacial score (nSPS) is 10.4. The van der Waals surface area contributed by atoms with Crippen molar-refractivity contribution < 1.29 is 0 Å². The predicted molar refractivity (Wildman–Crippen MR) is 57.3 cm³/mol. The van der Waals surface area contributed by atoms with E-state index in [4.69, 9.17) is 11.6 Å². The van der Waals surface area contributed by atoms with E-state index in [2.05, 4.69) is 36.6 Å². The molecule has 6 heteroatoms. The molecule has 0 radical (unpaired) electrons. The van der Waals surface area contributed by atoms with E-state index in [1.54, 1.807) is 6.07 Å². The standard InChI is InChI=1S/C8H6BrClN4/c9-4-5-3-6(10)1-2-7(5)8-11-13-14-12-8/h1-3H,4H2,(H,11,12,13,14). The maximum atomic E-state index is 5.87. The molecular formula is C8H6BrClN4. The summed E-state index contributed by atoms with van der Waals surface area (Å²) in [5.74, 6) is 0.580. The third-order valence-corrected chi connectivity index (χ3v) is 2.64. The van der Waals surface area contributed by atoms with Crippen LogP contribution < -0.4 is 0 Å². The van der Waals surface area contributed by atoms with Crippen LogP contribution in [0.4, 0.5) is 0 Å². The maximum absolute atomic E-state index is 5.87. The van der Waals surface area contributed by atoms with Crippen LogP contribution in [0.15, 0.2) is 18.2 Å². The Morgan fingerprint density at radius 2 is 2.29 bits per heavy atom. The lowest BCUT2D eigenvalue weighted by molar-refractivity contribution is 0.881. The van der Waals surface area contributed by atoms with Crippen LogP contribution in [-0.4, -0.2) is 20.6 Å². The zero-order valence-electron chi connectivity index (χ0n) is 7.04. The van der Waals surface area contributed by atoms with E-state index in [1.165, 1.54) is 0 Å². The molecule has 0 aliphatic carbocycles. The van der Waals surface area contributed by atoms with Gasteiger partial charge in [0.2, 0.25) is 5.82 Å². The van der Waals surface area contributed by atoms with Crippen LogP contribution in [0.2, 0.25) is 5.02 Å². The number of hydrogen-bond donors (Lipinski definition) is 1. The summed E-state index contributed by atoms with van der Waals surface area (Å²) in [7, 11) is 0. The van der Waals surface area contributed by atoms with Gasteiger partial charge in [-0.15, -0.1) is 10.2 Å². The Hall–Kier alpha value is -0.940. The number of aromatic nitrogens is 4. The summed E-state index contributed by atoms with van der Waals surface area (Å²) in [6.45, 7) is 0. The summed E-state index contributed by atoms with van der Waals surface area (Å²) >= 11 is 9.26. The zero-order valence-corrected chi connectivity index (χ0v) is 9.38. The van der Waals surface area contributed by atoms with Gasteiger partial charge in [-0.3, -0.25) is 0 Å². The summed E-state index contributed by atoms with van der Waals surface area (Å²) in [5, 5.41) is 15.2. The fraction of sp³-hybridized carbons (Fsp3) is 0.125. The van der Waals surface area contributed by atoms with Gasteiger partial charge in [0.05, 0.1) is 0 Å². The third kappa shape index (κ3) is 1.78. The lowest BCUT2D eigenvalue weighted by atomic mass is 10.1. The molecule has 0 aliphatic rings. The second kappa shape index (κ2) is 4.06. The van der Waals surface area contributed by atoms with Gasteiger partial charge in [-0.2, -0.15) is 5.21 Å². The summed E-state index contributed by atoms with van der Waals surface area (Å²) in [6, 6.07) is 5.56. The molecule has 2 aromatic rings. The number of nitrogens with one attached hydrogen (secondary N) is 1. The number of alkyl halides is 1. The lowest BCUT2D eigenvalue weighted by Gasteiger charge is -2.02. The van der Waals surface area contributed by atoms with Crippen LogP contribution in [0.5, 0.6) is 0 Å². The molecule has 0 saturated carbocycles. The fourth-order valence-corrected chi connectivity index (χ4v) is 1.83. The van der Waals surface area contributed by atoms with Gasteiger partial charge in [0.25, 0.3) is 0 Å². The number of aromatic amines is 1. The first-order valence-electron chi connectivity index (χ1n) is 3.89. The highest BCUT2D eigenvalue weighted by atomic mass is 79.9. The summed E-state index contributed by atoms with van der Waals surface area (Å²) in [6.07, 6.45) is 0. The summed E-state index contributed by atoms with van der Waals surface area (Å²) in [5.41, 5.74) is 1.97. The van der Waals surface area contributed by atoms with Crippen LogP contribution >= 0.6 is 27.5 Å². The minimum atomic E-state index is 0.580. The molecule has 0 unspecified atom stereocenters. The van der Waals surface area contributed by atoms with E-state index in [1.807, 2.05) is 12.1 Å². The van der Waals surface area contributed by atoms with Gasteiger partial charge in [-0.05, 0) is 29.0 Å². The molecule has 1 N–H and O–H groups in total. The van der Waals surface area contributed by atoms with Crippen LogP contribution in [-0.2, 0) is 5.33 Å². The van der Waals surface area contributed by atoms with Crippen molar-refractivity contribution >= 4 is 27.5 Å². The SMILES string of the molecule is Clc1ccc(-c2nn[nH]n2)c(CBr)c1. The Bertz CT molecular complexity index is 429. The highest BCUT2D eigenvalue weighted by Crippen LogP contribution is 2.24. The number of rotatable bonds is 2. The minimum absolute atomic E-state index is 0.580. The quantitative estimate of drug-likeness (QED) is 0.855. The van der Waals surface area contributed by atoms with Gasteiger partial charge in [0, 0.05) is 15.9 Å². The van der Waals surface area contributed by atoms with Crippen LogP contribution in [0.25, 0.3) is 11.4 Å². The Morgan fingerprint density at radius 1 is 1.43 bits per heavy atom. The van der Waals surface area contributed by atoms with E-state index in [0.29, 0.717) is 16.2 Å². The first-order chi connectivity index (χ1) is 6.81. The van der Waals surface area contributed by atoms with Crippen molar-refractivity contribution in [1.29, 1.82) is 0 Å². The van der Waals surface area contributed by atoms with Gasteiger partial charge in [0.15, 0.2) is 0 Å². The van der Waals surface area contributed by atoms with Crippen LogP contribution in [0.1, 0.15) is 5.56 Å². The Labute approximate surface area is 93.8 Å². The van der Waals surface area contributed by atoms with Crippen molar-refractivity contribution in [2.45, 2.75) is 5.33 Å². The molecule has 1 aromatic carbocycles. The average molecular weight is 274 g/mol. The van der Waals surface area contributed by atoms with Gasteiger partial charge in [0.1, 0.15) is 0 Å². The van der Waals surface area contributed by atoms with Crippen LogP contribution in [0.3, 0.4) is 0 Å². The highest BCUT2D eigenvalue weighted by molar-refractivity contribution is 9.08. The Morgan fingerprint density at radius 3 is 2.93 bits per heavy atom. The summed E-state index contributed by atoms with van der Waals surface area (Å²) in [4.78, 5) is 0. The van der Waals surface area contributed by atoms with Crippen molar-refractivity contribution in [2.24, 2.45) is 0 Å². The van der Waals surface area contributed by atoms with Gasteiger partial charge in [-0.1, -0.05) is 27.5 Å². The molecule has 14 heavy (non-hydrogen) atoms. The highest BCUT2D eigenvalue weighted by Gasteiger charge is 2.08. The van der Waals surface area contributed by atoms with E-state index in [9.17, 15) is 0 Å². The van der Waals surface area contributed by atoms with E-state index in [-0.39, 0.29) is 0 Å². The molecule has 0 aliphatic heterocycles. The monoisotopic (exact) mass is 272 g/mol. The smallest absolute Gasteiger partial charge is 0.177 e. The number of nitrogens with zero attached hydrogens (tertiary/aromatic N) is 3.